The summed E-state index contributed by atoms with van der Waals surface area (Å²) in [5.41, 5.74) is 6.20. The van der Waals surface area contributed by atoms with Gasteiger partial charge in [-0.3, -0.25) is 9.48 Å². The Morgan fingerprint density at radius 2 is 2.04 bits per heavy atom. The van der Waals surface area contributed by atoms with Crippen molar-refractivity contribution in [3.8, 4) is 5.75 Å². The standard InChI is InChI=1S/C17H25N7O2.HI/c1-3-19-17(21-10-16-22-12-23-24(16)2)20-9-8-13-4-6-14(7-5-13)26-11-15(18)25;/h4-7,12H,3,8-11H2,1-2H3,(H2,18,25)(H2,19,20,21);1H. The van der Waals surface area contributed by atoms with Crippen LogP contribution in [-0.4, -0.2) is 46.3 Å². The molecule has 1 amide bonds. The molecule has 0 saturated heterocycles. The fourth-order valence-corrected chi connectivity index (χ4v) is 2.19. The van der Waals surface area contributed by atoms with Crippen LogP contribution in [0.25, 0.3) is 0 Å². The van der Waals surface area contributed by atoms with Gasteiger partial charge in [-0.2, -0.15) is 5.10 Å². The normalized spacial score (nSPS) is 10.8. The van der Waals surface area contributed by atoms with Crippen LogP contribution in [0.1, 0.15) is 18.3 Å². The van der Waals surface area contributed by atoms with Gasteiger partial charge >= 0.3 is 0 Å². The molecule has 0 atom stereocenters. The van der Waals surface area contributed by atoms with Crippen LogP contribution in [0.5, 0.6) is 5.75 Å². The number of nitrogens with zero attached hydrogens (tertiary/aromatic N) is 4. The van der Waals surface area contributed by atoms with Crippen LogP contribution in [0.3, 0.4) is 0 Å². The van der Waals surface area contributed by atoms with E-state index in [0.717, 1.165) is 36.9 Å². The van der Waals surface area contributed by atoms with Crippen LogP contribution in [0.15, 0.2) is 35.6 Å². The number of nitrogens with two attached hydrogens (primary N) is 1. The average molecular weight is 487 g/mol. The number of guanidine groups is 1. The predicted octanol–water partition coefficient (Wildman–Crippen LogP) is 0.595. The van der Waals surface area contributed by atoms with Crippen LogP contribution in [-0.2, 0) is 24.8 Å². The minimum absolute atomic E-state index is 0. The van der Waals surface area contributed by atoms with Crippen LogP contribution in [0.2, 0.25) is 0 Å². The molecular weight excluding hydrogens is 461 g/mol. The molecule has 148 valence electrons. The number of aromatic nitrogens is 3. The minimum Gasteiger partial charge on any atom is -0.484 e. The molecule has 0 spiro atoms. The predicted molar refractivity (Wildman–Crippen MR) is 114 cm³/mol. The molecule has 4 N–H and O–H groups in total. The molecule has 1 aromatic carbocycles. The molecule has 27 heavy (non-hydrogen) atoms. The topological polar surface area (TPSA) is 119 Å². The van der Waals surface area contributed by atoms with Crippen LogP contribution in [0.4, 0.5) is 0 Å². The van der Waals surface area contributed by atoms with E-state index in [1.807, 2.05) is 38.2 Å². The van der Waals surface area contributed by atoms with Crippen molar-refractivity contribution in [1.29, 1.82) is 0 Å². The van der Waals surface area contributed by atoms with E-state index in [0.29, 0.717) is 12.3 Å². The number of hydrogen-bond donors (Lipinski definition) is 3. The highest BCUT2D eigenvalue weighted by Crippen LogP contribution is 2.12. The Balaban J connectivity index is 0.00000364. The Kier molecular flexibility index (Phi) is 10.2. The molecule has 0 saturated carbocycles. The Morgan fingerprint density at radius 1 is 1.30 bits per heavy atom. The molecule has 0 radical (unpaired) electrons. The summed E-state index contributed by atoms with van der Waals surface area (Å²) in [5.74, 6) is 1.67. The maximum absolute atomic E-state index is 10.7. The third kappa shape index (κ3) is 8.24. The van der Waals surface area contributed by atoms with Crippen LogP contribution < -0.4 is 21.1 Å². The van der Waals surface area contributed by atoms with Gasteiger partial charge in [0.1, 0.15) is 24.4 Å². The van der Waals surface area contributed by atoms with Gasteiger partial charge in [0, 0.05) is 20.1 Å². The Bertz CT molecular complexity index is 731. The molecule has 0 fully saturated rings. The zero-order valence-electron chi connectivity index (χ0n) is 15.5. The third-order valence-electron chi connectivity index (χ3n) is 3.54. The number of primary amides is 1. The number of ether oxygens (including phenoxy) is 1. The molecule has 2 aromatic rings. The van der Waals surface area contributed by atoms with E-state index in [4.69, 9.17) is 10.5 Å². The first-order valence-electron chi connectivity index (χ1n) is 8.43. The summed E-state index contributed by atoms with van der Waals surface area (Å²) in [6.07, 6.45) is 2.34. The van der Waals surface area contributed by atoms with Gasteiger partial charge in [0.15, 0.2) is 12.6 Å². The molecule has 2 rings (SSSR count). The monoisotopic (exact) mass is 487 g/mol. The summed E-state index contributed by atoms with van der Waals surface area (Å²) in [6, 6.07) is 7.57. The quantitative estimate of drug-likeness (QED) is 0.271. The van der Waals surface area contributed by atoms with Crippen molar-refractivity contribution in [3.05, 3.63) is 42.0 Å². The van der Waals surface area contributed by atoms with Crippen LogP contribution in [0, 0.1) is 0 Å². The highest BCUT2D eigenvalue weighted by Gasteiger charge is 2.02. The van der Waals surface area contributed by atoms with E-state index in [9.17, 15) is 4.79 Å². The van der Waals surface area contributed by atoms with Crippen molar-refractivity contribution in [2.24, 2.45) is 17.8 Å². The SMILES string of the molecule is CCNC(=NCc1ncnn1C)NCCc1ccc(OCC(N)=O)cc1.I. The zero-order chi connectivity index (χ0) is 18.8. The lowest BCUT2D eigenvalue weighted by molar-refractivity contribution is -0.119. The Morgan fingerprint density at radius 3 is 2.63 bits per heavy atom. The largest absolute Gasteiger partial charge is 0.484 e. The molecule has 1 aromatic heterocycles. The molecular formula is C17H26IN7O2. The Hall–Kier alpha value is -2.37. The van der Waals surface area contributed by atoms with E-state index < -0.39 is 5.91 Å². The number of aryl methyl sites for hydroxylation is 1. The summed E-state index contributed by atoms with van der Waals surface area (Å²) < 4.78 is 6.95. The average Bonchev–Trinajstić information content (AvgIpc) is 3.04. The lowest BCUT2D eigenvalue weighted by Gasteiger charge is -2.11. The van der Waals surface area contributed by atoms with Gasteiger partial charge in [-0.1, -0.05) is 12.1 Å². The first-order chi connectivity index (χ1) is 12.6. The number of nitrogens with one attached hydrogen (secondary N) is 2. The molecule has 0 unspecified atom stereocenters. The van der Waals surface area contributed by atoms with Crippen molar-refractivity contribution in [2.45, 2.75) is 19.9 Å². The van der Waals surface area contributed by atoms with Gasteiger partial charge in [0.2, 0.25) is 0 Å². The summed E-state index contributed by atoms with van der Waals surface area (Å²) in [5, 5.41) is 10.5. The van der Waals surface area contributed by atoms with Gasteiger partial charge in [-0.25, -0.2) is 9.98 Å². The third-order valence-corrected chi connectivity index (χ3v) is 3.54. The fourth-order valence-electron chi connectivity index (χ4n) is 2.19. The molecule has 0 bridgehead atoms. The highest BCUT2D eigenvalue weighted by molar-refractivity contribution is 14.0. The van der Waals surface area contributed by atoms with E-state index >= 15 is 0 Å². The fraction of sp³-hybridized carbons (Fsp3) is 0.412. The number of carbonyl (C=O) groups excluding carboxylic acids is 1. The summed E-state index contributed by atoms with van der Waals surface area (Å²) in [7, 11) is 1.84. The van der Waals surface area contributed by atoms with Gasteiger partial charge in [0.25, 0.3) is 5.91 Å². The maximum atomic E-state index is 10.7. The summed E-state index contributed by atoms with van der Waals surface area (Å²) in [4.78, 5) is 19.4. The molecule has 0 aliphatic heterocycles. The second-order valence-electron chi connectivity index (χ2n) is 5.57. The summed E-state index contributed by atoms with van der Waals surface area (Å²) >= 11 is 0. The zero-order valence-corrected chi connectivity index (χ0v) is 17.8. The number of rotatable bonds is 9. The van der Waals surface area contributed by atoms with Gasteiger partial charge in [-0.05, 0) is 31.0 Å². The van der Waals surface area contributed by atoms with Crippen LogP contribution >= 0.6 is 24.0 Å². The van der Waals surface area contributed by atoms with Gasteiger partial charge < -0.3 is 21.1 Å². The lowest BCUT2D eigenvalue weighted by atomic mass is 10.1. The van der Waals surface area contributed by atoms with Crippen molar-refractivity contribution < 1.29 is 9.53 Å². The second-order valence-corrected chi connectivity index (χ2v) is 5.57. The minimum atomic E-state index is -0.491. The van der Waals surface area contributed by atoms with E-state index in [1.54, 1.807) is 4.68 Å². The highest BCUT2D eigenvalue weighted by atomic mass is 127. The molecule has 1 heterocycles. The number of aliphatic imine (C=N–C) groups is 1. The van der Waals surface area contributed by atoms with Gasteiger partial charge in [-0.15, -0.1) is 24.0 Å². The van der Waals surface area contributed by atoms with E-state index in [1.165, 1.54) is 6.33 Å². The van der Waals surface area contributed by atoms with E-state index in [-0.39, 0.29) is 30.6 Å². The lowest BCUT2D eigenvalue weighted by Crippen LogP contribution is -2.38. The number of halogens is 1. The van der Waals surface area contributed by atoms with Gasteiger partial charge in [0.05, 0.1) is 0 Å². The number of benzene rings is 1. The maximum Gasteiger partial charge on any atom is 0.255 e. The molecule has 0 aliphatic carbocycles. The molecule has 9 nitrogen and oxygen atoms in total. The second kappa shape index (κ2) is 12.1. The van der Waals surface area contributed by atoms with E-state index in [2.05, 4.69) is 25.7 Å². The molecule has 0 aliphatic rings. The number of hydrogen-bond acceptors (Lipinski definition) is 5. The van der Waals surface area contributed by atoms with Crippen molar-refractivity contribution in [2.75, 3.05) is 19.7 Å². The number of carbonyl (C=O) groups is 1. The first-order valence-corrected chi connectivity index (χ1v) is 8.43. The van der Waals surface area contributed by atoms with Crippen molar-refractivity contribution in [1.82, 2.24) is 25.4 Å². The van der Waals surface area contributed by atoms with Crippen molar-refractivity contribution in [3.63, 3.8) is 0 Å². The molecule has 10 heteroatoms. The first kappa shape index (κ1) is 22.7. The van der Waals surface area contributed by atoms with Crippen molar-refractivity contribution >= 4 is 35.8 Å². The smallest absolute Gasteiger partial charge is 0.255 e. The number of amides is 1. The Labute approximate surface area is 175 Å². The summed E-state index contributed by atoms with van der Waals surface area (Å²) in [6.45, 7) is 3.86.